The molecule has 0 saturated heterocycles. The van der Waals surface area contributed by atoms with Gasteiger partial charge >= 0.3 is 0 Å². The van der Waals surface area contributed by atoms with E-state index in [0.717, 1.165) is 25.7 Å². The lowest BCUT2D eigenvalue weighted by Crippen LogP contribution is -2.51. The highest BCUT2D eigenvalue weighted by molar-refractivity contribution is 5.94. The number of benzene rings is 1. The fraction of sp³-hybridized carbons (Fsp3) is 0.600. The highest BCUT2D eigenvalue weighted by Crippen LogP contribution is 2.39. The molecular weight excluding hydrogens is 340 g/mol. The van der Waals surface area contributed by atoms with Crippen LogP contribution in [0.15, 0.2) is 34.6 Å². The Bertz CT molecular complexity index is 758. The van der Waals surface area contributed by atoms with Crippen molar-refractivity contribution in [2.24, 2.45) is 22.0 Å². The molecule has 7 nitrogen and oxygen atoms in total. The van der Waals surface area contributed by atoms with Crippen molar-refractivity contribution in [3.8, 4) is 6.07 Å². The Labute approximate surface area is 159 Å². The van der Waals surface area contributed by atoms with E-state index >= 15 is 0 Å². The topological polar surface area (TPSA) is 107 Å². The van der Waals surface area contributed by atoms with E-state index in [9.17, 15) is 4.79 Å². The van der Waals surface area contributed by atoms with Crippen molar-refractivity contribution >= 4 is 5.91 Å². The van der Waals surface area contributed by atoms with Gasteiger partial charge in [0.25, 0.3) is 5.91 Å². The quantitative estimate of drug-likeness (QED) is 0.835. The van der Waals surface area contributed by atoms with E-state index < -0.39 is 0 Å². The Morgan fingerprint density at radius 2 is 1.96 bits per heavy atom. The number of carbonyl (C=O) groups excluding carboxylic acids is 1. The fourth-order valence-corrected chi connectivity index (χ4v) is 4.17. The maximum absolute atomic E-state index is 12.8. The van der Waals surface area contributed by atoms with Crippen molar-refractivity contribution in [2.45, 2.75) is 62.7 Å². The predicted octanol–water partition coefficient (Wildman–Crippen LogP) is 2.74. The van der Waals surface area contributed by atoms with Gasteiger partial charge in [-0.15, -0.1) is 0 Å². The van der Waals surface area contributed by atoms with Gasteiger partial charge in [0.05, 0.1) is 24.2 Å². The number of rotatable bonds is 5. The number of hydrogen-bond acceptors (Lipinski definition) is 6. The first-order chi connectivity index (χ1) is 13.1. The van der Waals surface area contributed by atoms with Crippen molar-refractivity contribution in [1.82, 2.24) is 10.3 Å². The van der Waals surface area contributed by atoms with Gasteiger partial charge < -0.3 is 11.1 Å². The van der Waals surface area contributed by atoms with Crippen molar-refractivity contribution in [3.63, 3.8) is 0 Å². The van der Waals surface area contributed by atoms with E-state index in [1.165, 1.54) is 19.3 Å². The number of carbonyl (C=O) groups is 1. The Balaban J connectivity index is 1.48. The molecule has 1 aromatic carbocycles. The van der Waals surface area contributed by atoms with Crippen LogP contribution in [0, 0.1) is 17.2 Å². The number of nitrogens with two attached hydrogens (primary N) is 1. The lowest BCUT2D eigenvalue weighted by atomic mass is 9.81. The first kappa shape index (κ1) is 17.9. The van der Waals surface area contributed by atoms with Gasteiger partial charge in [0, 0.05) is 5.56 Å². The number of hydrogen-bond donors (Lipinski definition) is 2. The third kappa shape index (κ3) is 3.81. The van der Waals surface area contributed by atoms with E-state index in [-0.39, 0.29) is 23.7 Å². The summed E-state index contributed by atoms with van der Waals surface area (Å²) in [6, 6.07) is 8.73. The number of nitrogens with zero attached hydrogens (tertiary/aromatic N) is 4. The molecule has 0 aromatic heterocycles. The normalized spacial score (nSPS) is 25.0. The minimum Gasteiger partial charge on any atom is -0.347 e. The molecule has 2 atom stereocenters. The van der Waals surface area contributed by atoms with Gasteiger partial charge in [-0.3, -0.25) is 9.80 Å². The summed E-state index contributed by atoms with van der Waals surface area (Å²) < 4.78 is 0. The molecule has 3 N–H and O–H groups in total. The Kier molecular flexibility index (Phi) is 4.83. The molecule has 1 amide bonds. The molecule has 1 unspecified atom stereocenters. The summed E-state index contributed by atoms with van der Waals surface area (Å²) in [6.07, 6.45) is 7.77. The molecular formula is C20H26N6O. The monoisotopic (exact) mass is 366 g/mol. The van der Waals surface area contributed by atoms with Crippen molar-refractivity contribution in [2.75, 3.05) is 6.54 Å². The Hall–Kier alpha value is -2.46. The third-order valence-electron chi connectivity index (χ3n) is 6.09. The summed E-state index contributed by atoms with van der Waals surface area (Å²) in [4.78, 5) is 12.8. The van der Waals surface area contributed by atoms with Crippen LogP contribution in [0.3, 0.4) is 0 Å². The summed E-state index contributed by atoms with van der Waals surface area (Å²) in [5.41, 5.74) is 7.06. The maximum Gasteiger partial charge on any atom is 0.251 e. The second-order valence-corrected chi connectivity index (χ2v) is 8.04. The van der Waals surface area contributed by atoms with E-state index in [1.807, 2.05) is 5.01 Å². The van der Waals surface area contributed by atoms with Crippen LogP contribution in [-0.2, 0) is 0 Å². The molecule has 0 spiro atoms. The smallest absolute Gasteiger partial charge is 0.251 e. The van der Waals surface area contributed by atoms with E-state index in [2.05, 4.69) is 21.7 Å². The van der Waals surface area contributed by atoms with E-state index in [1.54, 1.807) is 24.3 Å². The predicted molar refractivity (Wildman–Crippen MR) is 100 cm³/mol. The molecule has 2 aliphatic carbocycles. The SMILES string of the molecule is N#Cc1ccc(C(=O)N[C@@H](C2CCCCC2)C2CN(C3(N)CC3)N=N2)cc1. The maximum atomic E-state index is 12.8. The molecule has 0 radical (unpaired) electrons. The largest absolute Gasteiger partial charge is 0.347 e. The zero-order valence-corrected chi connectivity index (χ0v) is 15.5. The first-order valence-corrected chi connectivity index (χ1v) is 9.87. The van der Waals surface area contributed by atoms with Crippen molar-refractivity contribution < 1.29 is 4.79 Å². The molecule has 7 heteroatoms. The van der Waals surface area contributed by atoms with Crippen LogP contribution < -0.4 is 11.1 Å². The molecule has 2 saturated carbocycles. The summed E-state index contributed by atoms with van der Waals surface area (Å²) in [5, 5.41) is 22.9. The number of nitrogens with one attached hydrogen (secondary N) is 1. The average Bonchev–Trinajstić information content (AvgIpc) is 3.27. The van der Waals surface area contributed by atoms with Crippen LogP contribution in [0.5, 0.6) is 0 Å². The molecule has 1 aliphatic heterocycles. The van der Waals surface area contributed by atoms with Gasteiger partial charge in [-0.05, 0) is 55.9 Å². The summed E-state index contributed by atoms with van der Waals surface area (Å²) in [6.45, 7) is 0.672. The minimum absolute atomic E-state index is 0.0375. The lowest BCUT2D eigenvalue weighted by Gasteiger charge is -2.33. The third-order valence-corrected chi connectivity index (χ3v) is 6.09. The second-order valence-electron chi connectivity index (χ2n) is 8.04. The zero-order chi connectivity index (χ0) is 18.9. The standard InChI is InChI=1S/C20H26N6O/c21-12-14-6-8-16(9-7-14)19(27)23-18(15-4-2-1-3-5-15)17-13-26(25-24-17)20(22)10-11-20/h6-9,15,17-18H,1-5,10-11,13,22H2,(H,23,27)/t17?,18-/m0/s1. The zero-order valence-electron chi connectivity index (χ0n) is 15.5. The molecule has 3 aliphatic rings. The van der Waals surface area contributed by atoms with Crippen molar-refractivity contribution in [3.05, 3.63) is 35.4 Å². The minimum atomic E-state index is -0.327. The number of nitriles is 1. The molecule has 1 aromatic rings. The van der Waals surface area contributed by atoms with Crippen LogP contribution in [0.2, 0.25) is 0 Å². The fourth-order valence-electron chi connectivity index (χ4n) is 4.17. The van der Waals surface area contributed by atoms with Gasteiger partial charge in [0.15, 0.2) is 0 Å². The Morgan fingerprint density at radius 3 is 2.59 bits per heavy atom. The molecule has 0 bridgehead atoms. The summed E-state index contributed by atoms with van der Waals surface area (Å²) in [5.74, 6) is 0.301. The summed E-state index contributed by atoms with van der Waals surface area (Å²) in [7, 11) is 0. The van der Waals surface area contributed by atoms with Gasteiger partial charge in [0.2, 0.25) is 0 Å². The van der Waals surface area contributed by atoms with Gasteiger partial charge in [-0.1, -0.05) is 24.5 Å². The highest BCUT2D eigenvalue weighted by atomic mass is 16.1. The molecule has 2 fully saturated rings. The highest BCUT2D eigenvalue weighted by Gasteiger charge is 2.48. The van der Waals surface area contributed by atoms with Gasteiger partial charge in [0.1, 0.15) is 11.7 Å². The molecule has 1 heterocycles. The average molecular weight is 366 g/mol. The van der Waals surface area contributed by atoms with Crippen LogP contribution in [-0.4, -0.2) is 35.2 Å². The molecule has 142 valence electrons. The van der Waals surface area contributed by atoms with Gasteiger partial charge in [-0.2, -0.15) is 10.4 Å². The van der Waals surface area contributed by atoms with Crippen LogP contribution >= 0.6 is 0 Å². The van der Waals surface area contributed by atoms with E-state index in [0.29, 0.717) is 23.6 Å². The lowest BCUT2D eigenvalue weighted by molar-refractivity contribution is 0.0896. The van der Waals surface area contributed by atoms with E-state index in [4.69, 9.17) is 11.0 Å². The molecule has 4 rings (SSSR count). The van der Waals surface area contributed by atoms with Crippen molar-refractivity contribution in [1.29, 1.82) is 5.26 Å². The molecule has 27 heavy (non-hydrogen) atoms. The summed E-state index contributed by atoms with van der Waals surface area (Å²) >= 11 is 0. The number of amides is 1. The first-order valence-electron chi connectivity index (χ1n) is 9.87. The van der Waals surface area contributed by atoms with Crippen LogP contribution in [0.1, 0.15) is 60.9 Å². The Morgan fingerprint density at radius 1 is 1.26 bits per heavy atom. The van der Waals surface area contributed by atoms with Gasteiger partial charge in [-0.25, -0.2) is 0 Å². The van der Waals surface area contributed by atoms with Crippen LogP contribution in [0.25, 0.3) is 0 Å². The second kappa shape index (κ2) is 7.28. The van der Waals surface area contributed by atoms with Crippen LogP contribution in [0.4, 0.5) is 0 Å².